The molecule has 0 saturated heterocycles. The van der Waals surface area contributed by atoms with Gasteiger partial charge in [0.25, 0.3) is 21.6 Å². The summed E-state index contributed by atoms with van der Waals surface area (Å²) in [5.41, 5.74) is 1.61. The summed E-state index contributed by atoms with van der Waals surface area (Å²) in [6.45, 7) is 1.81. The fourth-order valence-corrected chi connectivity index (χ4v) is 3.95. The van der Waals surface area contributed by atoms with E-state index in [1.54, 1.807) is 18.2 Å². The molecule has 8 nitrogen and oxygen atoms in total. The third kappa shape index (κ3) is 4.94. The quantitative estimate of drug-likeness (QED) is 0.424. The maximum Gasteiger partial charge on any atom is 0.270 e. The van der Waals surface area contributed by atoms with Gasteiger partial charge in [0.2, 0.25) is 0 Å². The molecule has 0 bridgehead atoms. The Kier molecular flexibility index (Phi) is 6.04. The van der Waals surface area contributed by atoms with Gasteiger partial charge in [-0.2, -0.15) is 0 Å². The van der Waals surface area contributed by atoms with Crippen LogP contribution in [0.3, 0.4) is 0 Å². The van der Waals surface area contributed by atoms with Crippen LogP contribution in [0.2, 0.25) is 5.02 Å². The lowest BCUT2D eigenvalue weighted by Gasteiger charge is -2.10. The molecule has 0 aliphatic rings. The Hall–Kier alpha value is -3.43. The van der Waals surface area contributed by atoms with Crippen LogP contribution in [-0.2, 0) is 10.0 Å². The molecule has 10 heteroatoms. The Balaban J connectivity index is 1.74. The van der Waals surface area contributed by atoms with E-state index in [0.29, 0.717) is 16.3 Å². The van der Waals surface area contributed by atoms with E-state index in [-0.39, 0.29) is 22.2 Å². The molecule has 0 spiro atoms. The number of nitrogens with zero attached hydrogens (tertiary/aromatic N) is 1. The van der Waals surface area contributed by atoms with Gasteiger partial charge >= 0.3 is 0 Å². The highest BCUT2D eigenvalue weighted by molar-refractivity contribution is 7.92. The molecule has 0 aliphatic carbocycles. The van der Waals surface area contributed by atoms with Gasteiger partial charge < -0.3 is 5.32 Å². The van der Waals surface area contributed by atoms with Gasteiger partial charge in [-0.05, 0) is 61.0 Å². The van der Waals surface area contributed by atoms with Crippen LogP contribution in [0.1, 0.15) is 15.9 Å². The van der Waals surface area contributed by atoms with Crippen LogP contribution in [0, 0.1) is 17.0 Å². The van der Waals surface area contributed by atoms with Gasteiger partial charge in [-0.3, -0.25) is 19.6 Å². The lowest BCUT2D eigenvalue weighted by Crippen LogP contribution is -2.14. The highest BCUT2D eigenvalue weighted by Crippen LogP contribution is 2.22. The van der Waals surface area contributed by atoms with E-state index < -0.39 is 14.9 Å². The summed E-state index contributed by atoms with van der Waals surface area (Å²) in [5.74, 6) is -0.367. The Labute approximate surface area is 177 Å². The average Bonchev–Trinajstić information content (AvgIpc) is 2.70. The van der Waals surface area contributed by atoms with Gasteiger partial charge in [0, 0.05) is 34.1 Å². The van der Waals surface area contributed by atoms with Crippen molar-refractivity contribution in [1.82, 2.24) is 0 Å². The van der Waals surface area contributed by atoms with Gasteiger partial charge in [0.05, 0.1) is 9.82 Å². The first-order chi connectivity index (χ1) is 14.2. The van der Waals surface area contributed by atoms with Crippen molar-refractivity contribution in [2.24, 2.45) is 0 Å². The highest BCUT2D eigenvalue weighted by atomic mass is 35.5. The lowest BCUT2D eigenvalue weighted by atomic mass is 10.1. The fourth-order valence-electron chi connectivity index (χ4n) is 2.63. The van der Waals surface area contributed by atoms with Crippen molar-refractivity contribution >= 4 is 44.6 Å². The minimum Gasteiger partial charge on any atom is -0.322 e. The maximum atomic E-state index is 12.5. The average molecular weight is 446 g/mol. The van der Waals surface area contributed by atoms with E-state index >= 15 is 0 Å². The summed E-state index contributed by atoms with van der Waals surface area (Å²) < 4.78 is 27.3. The first-order valence-electron chi connectivity index (χ1n) is 8.60. The Morgan fingerprint density at radius 3 is 2.37 bits per heavy atom. The van der Waals surface area contributed by atoms with Gasteiger partial charge in [0.1, 0.15) is 0 Å². The number of halogens is 1. The van der Waals surface area contributed by atoms with Gasteiger partial charge in [-0.25, -0.2) is 8.42 Å². The maximum absolute atomic E-state index is 12.5. The molecule has 0 fully saturated rings. The Morgan fingerprint density at radius 2 is 1.73 bits per heavy atom. The zero-order valence-corrected chi connectivity index (χ0v) is 17.2. The number of rotatable bonds is 6. The van der Waals surface area contributed by atoms with Crippen LogP contribution in [0.25, 0.3) is 0 Å². The number of nitro groups is 1. The van der Waals surface area contributed by atoms with E-state index in [9.17, 15) is 23.3 Å². The van der Waals surface area contributed by atoms with Crippen LogP contribution in [0.5, 0.6) is 0 Å². The van der Waals surface area contributed by atoms with E-state index in [1.807, 2.05) is 6.92 Å². The van der Waals surface area contributed by atoms with E-state index in [2.05, 4.69) is 10.0 Å². The fraction of sp³-hybridized carbons (Fsp3) is 0.0500. The molecule has 0 saturated carbocycles. The molecule has 2 N–H and O–H groups in total. The van der Waals surface area contributed by atoms with E-state index in [4.69, 9.17) is 11.6 Å². The molecule has 1 amide bonds. The minimum absolute atomic E-state index is 0.209. The normalized spacial score (nSPS) is 11.0. The number of nitrogens with one attached hydrogen (secondary N) is 2. The molecular weight excluding hydrogens is 430 g/mol. The lowest BCUT2D eigenvalue weighted by molar-refractivity contribution is -0.385. The van der Waals surface area contributed by atoms with Crippen LogP contribution in [0.15, 0.2) is 71.6 Å². The smallest absolute Gasteiger partial charge is 0.270 e. The minimum atomic E-state index is -4.03. The van der Waals surface area contributed by atoms with Crippen LogP contribution in [-0.4, -0.2) is 19.2 Å². The molecule has 0 aromatic heterocycles. The number of carbonyl (C=O) groups is 1. The third-order valence-electron chi connectivity index (χ3n) is 4.17. The summed E-state index contributed by atoms with van der Waals surface area (Å²) in [6.07, 6.45) is 0. The molecule has 0 heterocycles. The zero-order chi connectivity index (χ0) is 21.9. The zero-order valence-electron chi connectivity index (χ0n) is 15.6. The molecular formula is C20H16ClN3O5S. The van der Waals surface area contributed by atoms with Crippen molar-refractivity contribution in [3.05, 3.63) is 93.0 Å². The number of anilines is 2. The summed E-state index contributed by atoms with van der Waals surface area (Å²) in [6, 6.07) is 15.6. The third-order valence-corrected chi connectivity index (χ3v) is 5.79. The number of hydrogen-bond donors (Lipinski definition) is 2. The number of carbonyl (C=O) groups excluding carboxylic acids is 1. The number of nitro benzene ring substituents is 1. The summed E-state index contributed by atoms with van der Waals surface area (Å²) in [7, 11) is -4.03. The van der Waals surface area contributed by atoms with Crippen molar-refractivity contribution in [2.75, 3.05) is 10.0 Å². The molecule has 154 valence electrons. The predicted molar refractivity (Wildman–Crippen MR) is 114 cm³/mol. The van der Waals surface area contributed by atoms with Crippen molar-refractivity contribution in [3.63, 3.8) is 0 Å². The first kappa shape index (κ1) is 21.3. The second-order valence-electron chi connectivity index (χ2n) is 6.35. The number of sulfonamides is 1. The Bertz CT molecular complexity index is 1230. The number of benzene rings is 3. The molecule has 30 heavy (non-hydrogen) atoms. The monoisotopic (exact) mass is 445 g/mol. The van der Waals surface area contributed by atoms with Crippen molar-refractivity contribution in [3.8, 4) is 0 Å². The predicted octanol–water partition coefficient (Wildman–Crippen LogP) is 4.61. The second kappa shape index (κ2) is 8.52. The number of hydrogen-bond acceptors (Lipinski definition) is 5. The molecule has 0 radical (unpaired) electrons. The Morgan fingerprint density at radius 1 is 1.03 bits per heavy atom. The molecule has 0 unspecified atom stereocenters. The largest absolute Gasteiger partial charge is 0.322 e. The topological polar surface area (TPSA) is 118 Å². The number of aryl methyl sites for hydroxylation is 1. The highest BCUT2D eigenvalue weighted by Gasteiger charge is 2.18. The van der Waals surface area contributed by atoms with Crippen molar-refractivity contribution in [2.45, 2.75) is 11.8 Å². The van der Waals surface area contributed by atoms with Crippen molar-refractivity contribution < 1.29 is 18.1 Å². The van der Waals surface area contributed by atoms with E-state index in [0.717, 1.165) is 11.6 Å². The van der Waals surface area contributed by atoms with Crippen LogP contribution < -0.4 is 10.0 Å². The van der Waals surface area contributed by atoms with Gasteiger partial charge in [-0.15, -0.1) is 0 Å². The van der Waals surface area contributed by atoms with Crippen molar-refractivity contribution in [1.29, 1.82) is 0 Å². The standard InChI is InChI=1S/C20H16ClN3O5S/c1-13-11-15(21)7-10-19(13)22-20(25)14-5-8-16(9-6-14)23-30(28,29)18-4-2-3-17(12-18)24(26)27/h2-12,23H,1H3,(H,22,25). The number of amides is 1. The van der Waals surface area contributed by atoms with Gasteiger partial charge in [0.15, 0.2) is 0 Å². The molecule has 0 atom stereocenters. The van der Waals surface area contributed by atoms with E-state index in [1.165, 1.54) is 42.5 Å². The van der Waals surface area contributed by atoms with Crippen LogP contribution >= 0.6 is 11.6 Å². The van der Waals surface area contributed by atoms with Gasteiger partial charge in [-0.1, -0.05) is 17.7 Å². The second-order valence-corrected chi connectivity index (χ2v) is 8.47. The summed E-state index contributed by atoms with van der Waals surface area (Å²) in [5, 5.41) is 14.2. The first-order valence-corrected chi connectivity index (χ1v) is 10.5. The molecule has 3 rings (SSSR count). The molecule has 3 aromatic rings. The molecule has 0 aliphatic heterocycles. The SMILES string of the molecule is Cc1cc(Cl)ccc1NC(=O)c1ccc(NS(=O)(=O)c2cccc([N+](=O)[O-])c2)cc1. The summed E-state index contributed by atoms with van der Waals surface area (Å²) >= 11 is 5.91. The molecule has 3 aromatic carbocycles. The number of non-ortho nitro benzene ring substituents is 1. The van der Waals surface area contributed by atoms with Crippen LogP contribution in [0.4, 0.5) is 17.1 Å². The summed E-state index contributed by atoms with van der Waals surface area (Å²) in [4.78, 5) is 22.4.